The second-order valence-corrected chi connectivity index (χ2v) is 15.8. The number of hydrogen-bond acceptors (Lipinski definition) is 6. The van der Waals surface area contributed by atoms with Crippen molar-refractivity contribution in [3.63, 3.8) is 0 Å². The number of carbonyl (C=O) groups is 3. The molecule has 0 unspecified atom stereocenters. The predicted octanol–water partition coefficient (Wildman–Crippen LogP) is 13.9. The molecule has 0 saturated heterocycles. The highest BCUT2D eigenvalue weighted by Gasteiger charge is 2.19. The fraction of sp³-hybridized carbons (Fsp3) is 0.933. The Bertz CT molecular complexity index is 766. The highest BCUT2D eigenvalue weighted by atomic mass is 16.6. The van der Waals surface area contributed by atoms with Crippen LogP contribution in [0.3, 0.4) is 0 Å². The van der Waals surface area contributed by atoms with E-state index in [0.717, 1.165) is 63.7 Å². The van der Waals surface area contributed by atoms with Gasteiger partial charge in [-0.1, -0.05) is 207 Å². The van der Waals surface area contributed by atoms with Gasteiger partial charge in [0.15, 0.2) is 6.10 Å². The van der Waals surface area contributed by atoms with E-state index in [1.165, 1.54) is 141 Å². The number of unbranched alkanes of at least 4 members (excludes halogenated alkanes) is 27. The van der Waals surface area contributed by atoms with Gasteiger partial charge in [-0.25, -0.2) is 0 Å². The molecule has 51 heavy (non-hydrogen) atoms. The number of hydrogen-bond donors (Lipinski definition) is 0. The monoisotopic (exact) mass is 723 g/mol. The van der Waals surface area contributed by atoms with Crippen LogP contribution in [0, 0.1) is 5.92 Å². The molecule has 0 fully saturated rings. The van der Waals surface area contributed by atoms with Crippen molar-refractivity contribution in [3.05, 3.63) is 0 Å². The fourth-order valence-corrected chi connectivity index (χ4v) is 6.63. The second-order valence-electron chi connectivity index (χ2n) is 15.8. The number of ether oxygens (including phenoxy) is 3. The van der Waals surface area contributed by atoms with E-state index in [4.69, 9.17) is 14.2 Å². The van der Waals surface area contributed by atoms with E-state index in [1.807, 2.05) is 0 Å². The lowest BCUT2D eigenvalue weighted by molar-refractivity contribution is -0.167. The van der Waals surface area contributed by atoms with E-state index in [2.05, 4.69) is 27.7 Å². The van der Waals surface area contributed by atoms with Gasteiger partial charge in [-0.05, 0) is 25.2 Å². The molecule has 6 nitrogen and oxygen atoms in total. The summed E-state index contributed by atoms with van der Waals surface area (Å²) in [5, 5.41) is 0. The van der Waals surface area contributed by atoms with Crippen LogP contribution in [0.2, 0.25) is 0 Å². The minimum Gasteiger partial charge on any atom is -0.462 e. The lowest BCUT2D eigenvalue weighted by Crippen LogP contribution is -2.30. The first-order valence-corrected chi connectivity index (χ1v) is 22.4. The van der Waals surface area contributed by atoms with Gasteiger partial charge in [0.25, 0.3) is 0 Å². The van der Waals surface area contributed by atoms with Crippen LogP contribution in [0.15, 0.2) is 0 Å². The molecular weight excluding hydrogens is 636 g/mol. The fourth-order valence-electron chi connectivity index (χ4n) is 6.63. The molecule has 0 N–H and O–H groups in total. The topological polar surface area (TPSA) is 78.9 Å². The largest absolute Gasteiger partial charge is 0.462 e. The van der Waals surface area contributed by atoms with Gasteiger partial charge in [-0.2, -0.15) is 0 Å². The molecule has 0 spiro atoms. The van der Waals surface area contributed by atoms with Crippen molar-refractivity contribution in [1.82, 2.24) is 0 Å². The molecule has 0 heterocycles. The third-order valence-corrected chi connectivity index (χ3v) is 10.0. The molecule has 1 atom stereocenters. The van der Waals surface area contributed by atoms with Crippen molar-refractivity contribution in [3.8, 4) is 0 Å². The molecule has 0 aromatic rings. The van der Waals surface area contributed by atoms with E-state index in [0.29, 0.717) is 19.3 Å². The summed E-state index contributed by atoms with van der Waals surface area (Å²) in [5.41, 5.74) is 0. The molecular formula is C45H86O6. The molecule has 0 aliphatic carbocycles. The number of rotatable bonds is 40. The molecule has 0 radical (unpaired) electrons. The predicted molar refractivity (Wildman–Crippen MR) is 215 cm³/mol. The van der Waals surface area contributed by atoms with Crippen molar-refractivity contribution in [2.75, 3.05) is 13.2 Å². The van der Waals surface area contributed by atoms with Gasteiger partial charge < -0.3 is 14.2 Å². The van der Waals surface area contributed by atoms with Crippen LogP contribution in [0.4, 0.5) is 0 Å². The number of esters is 3. The van der Waals surface area contributed by atoms with E-state index in [1.54, 1.807) is 0 Å². The summed E-state index contributed by atoms with van der Waals surface area (Å²) in [6, 6.07) is 0. The lowest BCUT2D eigenvalue weighted by Gasteiger charge is -2.18. The third-order valence-electron chi connectivity index (χ3n) is 10.0. The Hall–Kier alpha value is -1.59. The Morgan fingerprint density at radius 2 is 0.647 bits per heavy atom. The van der Waals surface area contributed by atoms with Gasteiger partial charge in [-0.3, -0.25) is 14.4 Å². The van der Waals surface area contributed by atoms with E-state index >= 15 is 0 Å². The molecule has 0 aromatic heterocycles. The maximum absolute atomic E-state index is 12.7. The maximum Gasteiger partial charge on any atom is 0.306 e. The van der Waals surface area contributed by atoms with Crippen molar-refractivity contribution in [2.45, 2.75) is 252 Å². The smallest absolute Gasteiger partial charge is 0.306 e. The Morgan fingerprint density at radius 3 is 0.961 bits per heavy atom. The van der Waals surface area contributed by atoms with E-state index < -0.39 is 6.10 Å². The zero-order valence-electron chi connectivity index (χ0n) is 34.6. The average molecular weight is 723 g/mol. The van der Waals surface area contributed by atoms with Crippen LogP contribution < -0.4 is 0 Å². The maximum atomic E-state index is 12.7. The van der Waals surface area contributed by atoms with Gasteiger partial charge in [-0.15, -0.1) is 0 Å². The minimum atomic E-state index is -0.758. The Labute approximate surface area is 317 Å². The van der Waals surface area contributed by atoms with Crippen LogP contribution in [0.25, 0.3) is 0 Å². The number of carbonyl (C=O) groups excluding carboxylic acids is 3. The second kappa shape index (κ2) is 39.6. The van der Waals surface area contributed by atoms with Crippen molar-refractivity contribution < 1.29 is 28.6 Å². The average Bonchev–Trinajstić information content (AvgIpc) is 3.11. The zero-order valence-corrected chi connectivity index (χ0v) is 34.6. The molecule has 0 aromatic carbocycles. The van der Waals surface area contributed by atoms with Crippen molar-refractivity contribution in [2.24, 2.45) is 5.92 Å². The van der Waals surface area contributed by atoms with Crippen molar-refractivity contribution >= 4 is 17.9 Å². The molecule has 0 saturated carbocycles. The van der Waals surface area contributed by atoms with Crippen LogP contribution in [-0.4, -0.2) is 37.2 Å². The van der Waals surface area contributed by atoms with Crippen LogP contribution in [-0.2, 0) is 28.6 Å². The summed E-state index contributed by atoms with van der Waals surface area (Å²) in [6.45, 7) is 8.88. The quantitative estimate of drug-likeness (QED) is 0.0356. The molecule has 6 heteroatoms. The zero-order chi connectivity index (χ0) is 37.5. The molecule has 0 rings (SSSR count). The third kappa shape index (κ3) is 39.5. The van der Waals surface area contributed by atoms with Gasteiger partial charge in [0.05, 0.1) is 0 Å². The van der Waals surface area contributed by atoms with Gasteiger partial charge >= 0.3 is 17.9 Å². The standard InChI is InChI=1S/C45H86O6/c1-5-7-9-11-13-14-15-16-17-18-19-20-21-22-24-30-34-38-45(48)51-42(39-49-43(46)36-32-28-23-12-10-8-6-2)40-50-44(47)37-33-29-26-25-27-31-35-41(3)4/h41-42H,5-40H2,1-4H3/t42-/m1/s1. The normalized spacial score (nSPS) is 11.9. The molecule has 0 amide bonds. The molecule has 0 aliphatic rings. The molecule has 0 aliphatic heterocycles. The van der Waals surface area contributed by atoms with Crippen LogP contribution in [0.5, 0.6) is 0 Å². The first-order valence-electron chi connectivity index (χ1n) is 22.4. The van der Waals surface area contributed by atoms with Crippen LogP contribution in [0.1, 0.15) is 246 Å². The van der Waals surface area contributed by atoms with E-state index in [9.17, 15) is 14.4 Å². The molecule has 0 bridgehead atoms. The van der Waals surface area contributed by atoms with Gasteiger partial charge in [0.1, 0.15) is 13.2 Å². The summed E-state index contributed by atoms with van der Waals surface area (Å²) in [5.74, 6) is -0.103. The van der Waals surface area contributed by atoms with Gasteiger partial charge in [0, 0.05) is 19.3 Å². The summed E-state index contributed by atoms with van der Waals surface area (Å²) < 4.78 is 16.6. The van der Waals surface area contributed by atoms with Gasteiger partial charge in [0.2, 0.25) is 0 Å². The van der Waals surface area contributed by atoms with Crippen LogP contribution >= 0.6 is 0 Å². The summed E-state index contributed by atoms with van der Waals surface area (Å²) in [4.78, 5) is 37.5. The van der Waals surface area contributed by atoms with Crippen molar-refractivity contribution in [1.29, 1.82) is 0 Å². The summed E-state index contributed by atoms with van der Waals surface area (Å²) in [6.07, 6.45) is 38.3. The Kier molecular flexibility index (Phi) is 38.4. The molecule has 302 valence electrons. The Morgan fingerprint density at radius 1 is 0.373 bits per heavy atom. The van der Waals surface area contributed by atoms with E-state index in [-0.39, 0.29) is 31.1 Å². The summed E-state index contributed by atoms with van der Waals surface area (Å²) >= 11 is 0. The SMILES string of the molecule is CCCCCCCCCCCCCCCCCCCC(=O)O[C@H](COC(=O)CCCCCCCCC)COC(=O)CCCCCCCCC(C)C. The lowest BCUT2D eigenvalue weighted by atomic mass is 10.0. The highest BCUT2D eigenvalue weighted by Crippen LogP contribution is 2.16. The minimum absolute atomic E-state index is 0.0657. The first kappa shape index (κ1) is 49.4. The Balaban J connectivity index is 4.22. The first-order chi connectivity index (χ1) is 24.9. The summed E-state index contributed by atoms with van der Waals surface area (Å²) in [7, 11) is 0. The highest BCUT2D eigenvalue weighted by molar-refractivity contribution is 5.71.